The summed E-state index contributed by atoms with van der Waals surface area (Å²) in [4.78, 5) is 34.3. The fraction of sp³-hybridized carbons (Fsp3) is 0.500. The lowest BCUT2D eigenvalue weighted by atomic mass is 10.1. The zero-order chi connectivity index (χ0) is 22.1. The normalized spacial score (nSPS) is 10.8. The Labute approximate surface area is 176 Å². The quantitative estimate of drug-likeness (QED) is 0.513. The number of hydrogen-bond acceptors (Lipinski definition) is 6. The number of amides is 1. The Balaban J connectivity index is 2.58. The molecular formula is C22H31N3O5. The van der Waals surface area contributed by atoms with Crippen LogP contribution in [0.2, 0.25) is 0 Å². The van der Waals surface area contributed by atoms with Gasteiger partial charge >= 0.3 is 0 Å². The van der Waals surface area contributed by atoms with E-state index in [4.69, 9.17) is 4.74 Å². The van der Waals surface area contributed by atoms with Crippen LogP contribution in [-0.2, 0) is 12.8 Å². The van der Waals surface area contributed by atoms with E-state index in [0.717, 1.165) is 12.1 Å². The molecule has 2 aromatic rings. The molecule has 0 aliphatic carbocycles. The third kappa shape index (κ3) is 5.46. The molecule has 0 saturated heterocycles. The van der Waals surface area contributed by atoms with Crippen molar-refractivity contribution in [1.82, 2.24) is 14.9 Å². The van der Waals surface area contributed by atoms with Gasteiger partial charge in [-0.1, -0.05) is 20.8 Å². The maximum absolute atomic E-state index is 12.9. The maximum Gasteiger partial charge on any atom is 0.254 e. The molecular weight excluding hydrogens is 386 g/mol. The molecule has 0 bridgehead atoms. The minimum Gasteiger partial charge on any atom is -0.493 e. The van der Waals surface area contributed by atoms with Crippen molar-refractivity contribution in [2.45, 2.75) is 40.0 Å². The van der Waals surface area contributed by atoms with Crippen molar-refractivity contribution in [2.75, 3.05) is 32.9 Å². The summed E-state index contributed by atoms with van der Waals surface area (Å²) in [5.74, 6) is 0.550. The summed E-state index contributed by atoms with van der Waals surface area (Å²) in [6.45, 7) is 6.15. The first-order chi connectivity index (χ1) is 14.5. The molecule has 0 unspecified atom stereocenters. The van der Waals surface area contributed by atoms with Crippen molar-refractivity contribution in [3.8, 4) is 17.1 Å². The van der Waals surface area contributed by atoms with Crippen LogP contribution in [0.4, 0.5) is 0 Å². The monoisotopic (exact) mass is 417 g/mol. The van der Waals surface area contributed by atoms with Gasteiger partial charge < -0.3 is 24.8 Å². The Morgan fingerprint density at radius 1 is 1.13 bits per heavy atom. The van der Waals surface area contributed by atoms with E-state index in [1.54, 1.807) is 18.2 Å². The van der Waals surface area contributed by atoms with E-state index < -0.39 is 0 Å². The van der Waals surface area contributed by atoms with Gasteiger partial charge in [-0.05, 0) is 37.5 Å². The molecule has 1 aromatic carbocycles. The van der Waals surface area contributed by atoms with E-state index in [-0.39, 0.29) is 37.8 Å². The highest BCUT2D eigenvalue weighted by Crippen LogP contribution is 2.29. The van der Waals surface area contributed by atoms with Crippen molar-refractivity contribution in [3.05, 3.63) is 45.4 Å². The van der Waals surface area contributed by atoms with Gasteiger partial charge in [0, 0.05) is 24.2 Å². The summed E-state index contributed by atoms with van der Waals surface area (Å²) in [5.41, 5.74) is 2.06. The molecule has 0 atom stereocenters. The Kier molecular flexibility index (Phi) is 9.01. The lowest BCUT2D eigenvalue weighted by Gasteiger charge is -2.21. The molecule has 1 aromatic heterocycles. The fourth-order valence-corrected chi connectivity index (χ4v) is 3.25. The van der Waals surface area contributed by atoms with Gasteiger partial charge in [0.2, 0.25) is 0 Å². The maximum atomic E-state index is 12.9. The molecule has 0 aliphatic heterocycles. The highest BCUT2D eigenvalue weighted by atomic mass is 16.5. The zero-order valence-electron chi connectivity index (χ0n) is 17.9. The number of aliphatic hydroxyl groups is 2. The van der Waals surface area contributed by atoms with Crippen molar-refractivity contribution in [3.63, 3.8) is 0 Å². The second-order valence-corrected chi connectivity index (χ2v) is 6.85. The van der Waals surface area contributed by atoms with Gasteiger partial charge in [-0.3, -0.25) is 9.59 Å². The first kappa shape index (κ1) is 23.6. The van der Waals surface area contributed by atoms with Crippen molar-refractivity contribution in [2.24, 2.45) is 0 Å². The second-order valence-electron chi connectivity index (χ2n) is 6.85. The third-order valence-electron chi connectivity index (χ3n) is 4.76. The van der Waals surface area contributed by atoms with Crippen LogP contribution in [0.1, 0.15) is 48.8 Å². The minimum absolute atomic E-state index is 0.114. The number of aliphatic hydroxyl groups excluding tert-OH is 2. The number of benzene rings is 1. The molecule has 0 fully saturated rings. The van der Waals surface area contributed by atoms with Gasteiger partial charge in [-0.25, -0.2) is 4.98 Å². The molecule has 0 saturated carbocycles. The van der Waals surface area contributed by atoms with E-state index in [9.17, 15) is 19.8 Å². The van der Waals surface area contributed by atoms with E-state index in [2.05, 4.69) is 9.97 Å². The second kappa shape index (κ2) is 11.5. The molecule has 0 aliphatic rings. The number of aromatic nitrogens is 2. The molecule has 1 heterocycles. The van der Waals surface area contributed by atoms with E-state index >= 15 is 0 Å². The fourth-order valence-electron chi connectivity index (χ4n) is 3.25. The smallest absolute Gasteiger partial charge is 0.254 e. The predicted molar refractivity (Wildman–Crippen MR) is 115 cm³/mol. The van der Waals surface area contributed by atoms with Crippen LogP contribution in [0.25, 0.3) is 11.4 Å². The number of nitrogens with one attached hydrogen (secondary N) is 1. The summed E-state index contributed by atoms with van der Waals surface area (Å²) in [6, 6.07) is 4.96. The molecule has 3 N–H and O–H groups in total. The highest BCUT2D eigenvalue weighted by Gasteiger charge is 2.19. The summed E-state index contributed by atoms with van der Waals surface area (Å²) in [6.07, 6.45) is 2.01. The van der Waals surface area contributed by atoms with E-state index in [1.807, 2.05) is 20.8 Å². The largest absolute Gasteiger partial charge is 0.493 e. The summed E-state index contributed by atoms with van der Waals surface area (Å²) in [7, 11) is 0. The van der Waals surface area contributed by atoms with Crippen LogP contribution < -0.4 is 10.3 Å². The van der Waals surface area contributed by atoms with Gasteiger partial charge in [-0.15, -0.1) is 0 Å². The van der Waals surface area contributed by atoms with Gasteiger partial charge in [-0.2, -0.15) is 0 Å². The van der Waals surface area contributed by atoms with Crippen LogP contribution in [0.15, 0.2) is 23.0 Å². The third-order valence-corrected chi connectivity index (χ3v) is 4.76. The molecule has 0 radical (unpaired) electrons. The highest BCUT2D eigenvalue weighted by molar-refractivity contribution is 5.96. The molecule has 2 rings (SSSR count). The standard InChI is InChI=1S/C22H31N3O5/c1-4-13-30-19-8-7-15(22(29)25(9-11-26)10-12-27)14-17(19)20-23-18(6-3)16(5-2)21(28)24-20/h7-8,14,26-27H,4-6,9-13H2,1-3H3,(H,23,24,28). The molecule has 164 valence electrons. The lowest BCUT2D eigenvalue weighted by Crippen LogP contribution is -2.35. The summed E-state index contributed by atoms with van der Waals surface area (Å²) in [5, 5.41) is 18.5. The molecule has 8 heteroatoms. The number of aryl methyl sites for hydroxylation is 1. The number of aromatic amines is 1. The van der Waals surface area contributed by atoms with E-state index in [1.165, 1.54) is 4.90 Å². The number of carbonyl (C=O) groups is 1. The topological polar surface area (TPSA) is 116 Å². The number of nitrogens with zero attached hydrogens (tertiary/aromatic N) is 2. The molecule has 8 nitrogen and oxygen atoms in total. The van der Waals surface area contributed by atoms with Gasteiger partial charge in [0.05, 0.1) is 31.1 Å². The Hall–Kier alpha value is -2.71. The first-order valence-corrected chi connectivity index (χ1v) is 10.4. The van der Waals surface area contributed by atoms with Gasteiger partial charge in [0.25, 0.3) is 11.5 Å². The van der Waals surface area contributed by atoms with Crippen LogP contribution in [0, 0.1) is 0 Å². The number of H-pyrrole nitrogens is 1. The Morgan fingerprint density at radius 2 is 1.83 bits per heavy atom. The first-order valence-electron chi connectivity index (χ1n) is 10.4. The summed E-state index contributed by atoms with van der Waals surface area (Å²) < 4.78 is 5.83. The number of ether oxygens (including phenoxy) is 1. The Bertz CT molecular complexity index is 904. The van der Waals surface area contributed by atoms with Crippen molar-refractivity contribution < 1.29 is 19.7 Å². The number of carbonyl (C=O) groups excluding carboxylic acids is 1. The van der Waals surface area contributed by atoms with Crippen LogP contribution in [-0.4, -0.2) is 63.9 Å². The molecule has 30 heavy (non-hydrogen) atoms. The zero-order valence-corrected chi connectivity index (χ0v) is 17.9. The summed E-state index contributed by atoms with van der Waals surface area (Å²) >= 11 is 0. The predicted octanol–water partition coefficient (Wildman–Crippen LogP) is 1.78. The molecule has 1 amide bonds. The number of hydrogen-bond donors (Lipinski definition) is 3. The Morgan fingerprint density at radius 3 is 2.40 bits per heavy atom. The van der Waals surface area contributed by atoms with Crippen LogP contribution in [0.5, 0.6) is 5.75 Å². The van der Waals surface area contributed by atoms with Gasteiger partial charge in [0.15, 0.2) is 0 Å². The van der Waals surface area contributed by atoms with Gasteiger partial charge in [0.1, 0.15) is 11.6 Å². The van der Waals surface area contributed by atoms with Crippen molar-refractivity contribution >= 4 is 5.91 Å². The van der Waals surface area contributed by atoms with Crippen LogP contribution in [0.3, 0.4) is 0 Å². The average Bonchev–Trinajstić information content (AvgIpc) is 2.76. The van der Waals surface area contributed by atoms with Crippen LogP contribution >= 0.6 is 0 Å². The SMILES string of the molecule is CCCOc1ccc(C(=O)N(CCO)CCO)cc1-c1nc(CC)c(CC)c(=O)[nH]1. The average molecular weight is 418 g/mol. The number of rotatable bonds is 11. The lowest BCUT2D eigenvalue weighted by molar-refractivity contribution is 0.0685. The van der Waals surface area contributed by atoms with Crippen molar-refractivity contribution in [1.29, 1.82) is 0 Å². The minimum atomic E-state index is -0.329. The molecule has 0 spiro atoms. The van der Waals surface area contributed by atoms with E-state index in [0.29, 0.717) is 47.7 Å².